The quantitative estimate of drug-likeness (QED) is 0.328. The molecule has 1 N–H and O–H groups in total. The highest BCUT2D eigenvalue weighted by atomic mass is 16.6. The van der Waals surface area contributed by atoms with E-state index in [2.05, 4.69) is 11.8 Å². The molecule has 6 heteroatoms. The van der Waals surface area contributed by atoms with Crippen LogP contribution in [0.1, 0.15) is 22.8 Å². The van der Waals surface area contributed by atoms with E-state index in [9.17, 15) is 4.79 Å². The molecule has 0 saturated heterocycles. The highest BCUT2D eigenvalue weighted by Crippen LogP contribution is 2.04. The molecule has 25 heavy (non-hydrogen) atoms. The van der Waals surface area contributed by atoms with Gasteiger partial charge in [-0.2, -0.15) is 0 Å². The second kappa shape index (κ2) is 14.6. The summed E-state index contributed by atoms with van der Waals surface area (Å²) in [6.07, 6.45) is 0. The molecule has 0 fully saturated rings. The second-order valence-corrected chi connectivity index (χ2v) is 5.05. The van der Waals surface area contributed by atoms with Crippen LogP contribution in [0.3, 0.4) is 0 Å². The minimum absolute atomic E-state index is 0.0261. The van der Waals surface area contributed by atoms with Gasteiger partial charge in [0, 0.05) is 11.1 Å². The second-order valence-electron chi connectivity index (χ2n) is 5.05. The van der Waals surface area contributed by atoms with Gasteiger partial charge in [-0.05, 0) is 19.1 Å². The maximum absolute atomic E-state index is 11.3. The SMILES string of the molecule is CC(=O)c1cccc(C#CCOCCOCCOCCOCCO)c1. The van der Waals surface area contributed by atoms with Crippen LogP contribution in [0, 0.1) is 11.8 Å². The fourth-order valence-corrected chi connectivity index (χ4v) is 1.80. The van der Waals surface area contributed by atoms with Gasteiger partial charge in [0.1, 0.15) is 6.61 Å². The normalized spacial score (nSPS) is 10.3. The summed E-state index contributed by atoms with van der Waals surface area (Å²) in [5.41, 5.74) is 1.45. The molecule has 0 radical (unpaired) electrons. The number of ether oxygens (including phenoxy) is 4. The summed E-state index contributed by atoms with van der Waals surface area (Å²) in [6.45, 7) is 5.09. The third kappa shape index (κ3) is 11.4. The van der Waals surface area contributed by atoms with Crippen molar-refractivity contribution < 1.29 is 28.8 Å². The largest absolute Gasteiger partial charge is 0.394 e. The van der Waals surface area contributed by atoms with Gasteiger partial charge in [-0.25, -0.2) is 0 Å². The number of rotatable bonds is 13. The van der Waals surface area contributed by atoms with Crippen molar-refractivity contribution in [3.8, 4) is 11.8 Å². The molecule has 0 spiro atoms. The van der Waals surface area contributed by atoms with Gasteiger partial charge in [-0.15, -0.1) is 0 Å². The van der Waals surface area contributed by atoms with Gasteiger partial charge in [0.2, 0.25) is 0 Å². The lowest BCUT2D eigenvalue weighted by atomic mass is 10.1. The number of carbonyl (C=O) groups excluding carboxylic acids is 1. The number of ketones is 1. The summed E-state index contributed by atoms with van der Waals surface area (Å²) < 4.78 is 21.0. The van der Waals surface area contributed by atoms with Crippen LogP contribution in [0.2, 0.25) is 0 Å². The van der Waals surface area contributed by atoms with Crippen LogP contribution in [-0.2, 0) is 18.9 Å². The van der Waals surface area contributed by atoms with Crippen molar-refractivity contribution in [1.29, 1.82) is 0 Å². The standard InChI is InChI=1S/C19H26O6/c1-17(21)19-6-2-4-18(16-19)5-3-8-22-10-12-24-14-15-25-13-11-23-9-7-20/h2,4,6,16,20H,7-15H2,1H3. The first-order valence-electron chi connectivity index (χ1n) is 8.25. The molecular formula is C19H26O6. The third-order valence-electron chi connectivity index (χ3n) is 3.03. The first-order valence-corrected chi connectivity index (χ1v) is 8.25. The first kappa shape index (κ1) is 21.3. The zero-order chi connectivity index (χ0) is 18.2. The first-order chi connectivity index (χ1) is 12.2. The molecule has 0 saturated carbocycles. The topological polar surface area (TPSA) is 74.2 Å². The average Bonchev–Trinajstić information content (AvgIpc) is 2.62. The lowest BCUT2D eigenvalue weighted by molar-refractivity contribution is -0.00291. The van der Waals surface area contributed by atoms with Crippen LogP contribution < -0.4 is 0 Å². The number of carbonyl (C=O) groups is 1. The molecule has 138 valence electrons. The summed E-state index contributed by atoms with van der Waals surface area (Å²) in [4.78, 5) is 11.3. The Kier molecular flexibility index (Phi) is 12.4. The van der Waals surface area contributed by atoms with Crippen LogP contribution in [0.25, 0.3) is 0 Å². The predicted octanol–water partition coefficient (Wildman–Crippen LogP) is 1.30. The molecule has 0 aliphatic carbocycles. The number of hydrogen-bond acceptors (Lipinski definition) is 6. The fourth-order valence-electron chi connectivity index (χ4n) is 1.80. The summed E-state index contributed by atoms with van der Waals surface area (Å²) in [5, 5.41) is 8.51. The van der Waals surface area contributed by atoms with Crippen molar-refractivity contribution in [3.63, 3.8) is 0 Å². The van der Waals surface area contributed by atoms with Gasteiger partial charge in [0.15, 0.2) is 5.78 Å². The molecule has 6 nitrogen and oxygen atoms in total. The summed E-state index contributed by atoms with van der Waals surface area (Å²) in [6, 6.07) is 7.22. The number of Topliss-reactive ketones (excluding diaryl/α,β-unsaturated/α-hetero) is 1. The highest BCUT2D eigenvalue weighted by Gasteiger charge is 1.98. The molecule has 0 amide bonds. The monoisotopic (exact) mass is 350 g/mol. The lowest BCUT2D eigenvalue weighted by Crippen LogP contribution is -2.12. The number of aliphatic hydroxyl groups is 1. The Hall–Kier alpha value is -1.75. The van der Waals surface area contributed by atoms with Crippen LogP contribution >= 0.6 is 0 Å². The molecule has 0 aliphatic heterocycles. The molecule has 0 atom stereocenters. The Morgan fingerprint density at radius 3 is 2.16 bits per heavy atom. The third-order valence-corrected chi connectivity index (χ3v) is 3.03. The summed E-state index contributed by atoms with van der Waals surface area (Å²) in [5.74, 6) is 5.90. The van der Waals surface area contributed by atoms with Crippen LogP contribution in [0.15, 0.2) is 24.3 Å². The Bertz CT molecular complexity index is 546. The van der Waals surface area contributed by atoms with Crippen molar-refractivity contribution in [2.75, 3.05) is 59.5 Å². The molecular weight excluding hydrogens is 324 g/mol. The Labute approximate surface area is 149 Å². The maximum Gasteiger partial charge on any atom is 0.159 e. The van der Waals surface area contributed by atoms with E-state index in [0.717, 1.165) is 5.56 Å². The Balaban J connectivity index is 1.97. The number of aliphatic hydroxyl groups excluding tert-OH is 1. The molecule has 0 heterocycles. The fraction of sp³-hybridized carbons (Fsp3) is 0.526. The van der Waals surface area contributed by atoms with E-state index in [1.54, 1.807) is 12.1 Å². The van der Waals surface area contributed by atoms with Gasteiger partial charge < -0.3 is 24.1 Å². The van der Waals surface area contributed by atoms with E-state index >= 15 is 0 Å². The van der Waals surface area contributed by atoms with E-state index in [-0.39, 0.29) is 12.4 Å². The van der Waals surface area contributed by atoms with Gasteiger partial charge >= 0.3 is 0 Å². The molecule has 0 unspecified atom stereocenters. The number of hydrogen-bond donors (Lipinski definition) is 1. The summed E-state index contributed by atoms with van der Waals surface area (Å²) in [7, 11) is 0. The lowest BCUT2D eigenvalue weighted by Gasteiger charge is -2.06. The van der Waals surface area contributed by atoms with Crippen molar-refractivity contribution in [1.82, 2.24) is 0 Å². The van der Waals surface area contributed by atoms with Gasteiger partial charge in [0.25, 0.3) is 0 Å². The van der Waals surface area contributed by atoms with Crippen molar-refractivity contribution in [2.45, 2.75) is 6.92 Å². The van der Waals surface area contributed by atoms with E-state index in [1.165, 1.54) is 6.92 Å². The molecule has 1 aromatic carbocycles. The number of benzene rings is 1. The molecule has 0 aromatic heterocycles. The minimum atomic E-state index is 0.0261. The van der Waals surface area contributed by atoms with Gasteiger partial charge in [0.05, 0.1) is 52.9 Å². The van der Waals surface area contributed by atoms with E-state index in [4.69, 9.17) is 24.1 Å². The van der Waals surface area contributed by atoms with E-state index in [1.807, 2.05) is 12.1 Å². The minimum Gasteiger partial charge on any atom is -0.394 e. The zero-order valence-corrected chi connectivity index (χ0v) is 14.7. The smallest absolute Gasteiger partial charge is 0.159 e. The van der Waals surface area contributed by atoms with E-state index in [0.29, 0.717) is 58.4 Å². The van der Waals surface area contributed by atoms with Crippen molar-refractivity contribution in [2.24, 2.45) is 0 Å². The van der Waals surface area contributed by atoms with Crippen LogP contribution in [0.4, 0.5) is 0 Å². The molecule has 1 aromatic rings. The Morgan fingerprint density at radius 2 is 1.56 bits per heavy atom. The zero-order valence-electron chi connectivity index (χ0n) is 14.7. The predicted molar refractivity (Wildman–Crippen MR) is 93.7 cm³/mol. The summed E-state index contributed by atoms with van der Waals surface area (Å²) >= 11 is 0. The van der Waals surface area contributed by atoms with E-state index < -0.39 is 0 Å². The Morgan fingerprint density at radius 1 is 0.960 bits per heavy atom. The van der Waals surface area contributed by atoms with Crippen molar-refractivity contribution in [3.05, 3.63) is 35.4 Å². The maximum atomic E-state index is 11.3. The van der Waals surface area contributed by atoms with Crippen LogP contribution in [-0.4, -0.2) is 70.4 Å². The molecule has 0 aliphatic rings. The molecule has 1 rings (SSSR count). The van der Waals surface area contributed by atoms with Gasteiger partial charge in [-0.1, -0.05) is 24.0 Å². The highest BCUT2D eigenvalue weighted by molar-refractivity contribution is 5.94. The average molecular weight is 350 g/mol. The van der Waals surface area contributed by atoms with Crippen LogP contribution in [0.5, 0.6) is 0 Å². The molecule has 0 bridgehead atoms. The van der Waals surface area contributed by atoms with Crippen molar-refractivity contribution >= 4 is 5.78 Å². The van der Waals surface area contributed by atoms with Gasteiger partial charge in [-0.3, -0.25) is 4.79 Å².